The molecule has 4 rings (SSSR count). The van der Waals surface area contributed by atoms with Crippen LogP contribution in [0.2, 0.25) is 0 Å². The van der Waals surface area contributed by atoms with Gasteiger partial charge in [-0.1, -0.05) is 30.3 Å². The standard InChI is InChI=1S/C21H19FN4O3/c1-12-15(16-10-14(22)8-9-17(16)23-12)11-18(27)25-26-19(28)21(2,24-20(26)29)13-6-4-3-5-7-13/h3-10,23H,11H2,1-2H3,(H,24,29)(H,25,27). The van der Waals surface area contributed by atoms with E-state index in [0.29, 0.717) is 32.7 Å². The Morgan fingerprint density at radius 3 is 2.62 bits per heavy atom. The summed E-state index contributed by atoms with van der Waals surface area (Å²) in [6.45, 7) is 3.36. The van der Waals surface area contributed by atoms with Gasteiger partial charge in [0.2, 0.25) is 5.91 Å². The van der Waals surface area contributed by atoms with Crippen LogP contribution >= 0.6 is 0 Å². The number of aromatic nitrogens is 1. The zero-order valence-corrected chi connectivity index (χ0v) is 15.9. The van der Waals surface area contributed by atoms with Crippen molar-refractivity contribution in [2.75, 3.05) is 0 Å². The van der Waals surface area contributed by atoms with Gasteiger partial charge in [0.05, 0.1) is 6.42 Å². The molecule has 1 aliphatic heterocycles. The summed E-state index contributed by atoms with van der Waals surface area (Å²) in [5, 5.41) is 3.91. The molecule has 3 aromatic rings. The van der Waals surface area contributed by atoms with Crippen molar-refractivity contribution in [1.29, 1.82) is 0 Å². The number of nitrogens with zero attached hydrogens (tertiary/aromatic N) is 1. The summed E-state index contributed by atoms with van der Waals surface area (Å²) < 4.78 is 13.6. The lowest BCUT2D eigenvalue weighted by Gasteiger charge is -2.22. The highest BCUT2D eigenvalue weighted by molar-refractivity contribution is 6.08. The molecule has 1 saturated heterocycles. The van der Waals surface area contributed by atoms with Crippen molar-refractivity contribution in [2.24, 2.45) is 0 Å². The van der Waals surface area contributed by atoms with E-state index in [9.17, 15) is 18.8 Å². The molecule has 4 amide bonds. The number of hydrazine groups is 1. The molecule has 0 radical (unpaired) electrons. The molecule has 0 spiro atoms. The van der Waals surface area contributed by atoms with Crippen molar-refractivity contribution >= 4 is 28.7 Å². The van der Waals surface area contributed by atoms with Crippen molar-refractivity contribution in [2.45, 2.75) is 25.8 Å². The summed E-state index contributed by atoms with van der Waals surface area (Å²) >= 11 is 0. The molecule has 7 nitrogen and oxygen atoms in total. The third-order valence-corrected chi connectivity index (χ3v) is 5.20. The Hall–Kier alpha value is -3.68. The molecule has 1 unspecified atom stereocenters. The fourth-order valence-corrected chi connectivity index (χ4v) is 3.61. The third kappa shape index (κ3) is 3.12. The van der Waals surface area contributed by atoms with Crippen LogP contribution in [0.5, 0.6) is 0 Å². The summed E-state index contributed by atoms with van der Waals surface area (Å²) in [7, 11) is 0. The van der Waals surface area contributed by atoms with Crippen LogP contribution in [0.1, 0.15) is 23.7 Å². The monoisotopic (exact) mass is 394 g/mol. The Labute approximate surface area is 165 Å². The second-order valence-corrected chi connectivity index (χ2v) is 7.19. The Kier molecular flexibility index (Phi) is 4.34. The number of carbonyl (C=O) groups is 3. The molecule has 1 aliphatic rings. The van der Waals surface area contributed by atoms with Crippen LogP contribution in [0.25, 0.3) is 10.9 Å². The van der Waals surface area contributed by atoms with Crippen molar-refractivity contribution in [3.05, 3.63) is 71.2 Å². The number of hydrogen-bond acceptors (Lipinski definition) is 3. The van der Waals surface area contributed by atoms with E-state index in [2.05, 4.69) is 15.7 Å². The Morgan fingerprint density at radius 2 is 1.90 bits per heavy atom. The van der Waals surface area contributed by atoms with E-state index in [0.717, 1.165) is 0 Å². The van der Waals surface area contributed by atoms with E-state index in [1.54, 1.807) is 50.2 Å². The number of imide groups is 1. The molecule has 1 fully saturated rings. The highest BCUT2D eigenvalue weighted by atomic mass is 19.1. The number of urea groups is 1. The molecule has 0 aliphatic carbocycles. The first-order valence-electron chi connectivity index (χ1n) is 9.08. The zero-order chi connectivity index (χ0) is 20.8. The maximum Gasteiger partial charge on any atom is 0.344 e. The predicted molar refractivity (Wildman–Crippen MR) is 104 cm³/mol. The molecule has 29 heavy (non-hydrogen) atoms. The number of benzene rings is 2. The van der Waals surface area contributed by atoms with Crippen molar-refractivity contribution < 1.29 is 18.8 Å². The highest BCUT2D eigenvalue weighted by Crippen LogP contribution is 2.28. The molecule has 1 aromatic heterocycles. The molecule has 0 saturated carbocycles. The molecule has 2 aromatic carbocycles. The summed E-state index contributed by atoms with van der Waals surface area (Å²) in [5.74, 6) is -1.55. The van der Waals surface area contributed by atoms with Crippen LogP contribution in [0.3, 0.4) is 0 Å². The minimum Gasteiger partial charge on any atom is -0.358 e. The van der Waals surface area contributed by atoms with Gasteiger partial charge in [-0.3, -0.25) is 15.0 Å². The van der Waals surface area contributed by atoms with Crippen molar-refractivity contribution in [3.63, 3.8) is 0 Å². The molecule has 3 N–H and O–H groups in total. The summed E-state index contributed by atoms with van der Waals surface area (Å²) in [4.78, 5) is 40.9. The predicted octanol–water partition coefficient (Wildman–Crippen LogP) is 2.66. The van der Waals surface area contributed by atoms with Crippen LogP contribution < -0.4 is 10.7 Å². The number of aromatic amines is 1. The first-order chi connectivity index (χ1) is 13.8. The van der Waals surface area contributed by atoms with Gasteiger partial charge in [-0.05, 0) is 43.2 Å². The molecular formula is C21H19FN4O3. The Bertz CT molecular complexity index is 1140. The van der Waals surface area contributed by atoms with Gasteiger partial charge >= 0.3 is 6.03 Å². The number of hydrogen-bond donors (Lipinski definition) is 3. The number of carbonyl (C=O) groups excluding carboxylic acids is 3. The second-order valence-electron chi connectivity index (χ2n) is 7.19. The number of halogens is 1. The lowest BCUT2D eigenvalue weighted by Crippen LogP contribution is -2.48. The van der Waals surface area contributed by atoms with Crippen LogP contribution in [0.15, 0.2) is 48.5 Å². The Morgan fingerprint density at radius 1 is 1.17 bits per heavy atom. The minimum atomic E-state index is -1.27. The number of rotatable bonds is 4. The number of H-pyrrole nitrogens is 1. The fourth-order valence-electron chi connectivity index (χ4n) is 3.61. The number of amides is 4. The van der Waals surface area contributed by atoms with Gasteiger partial charge in [0.15, 0.2) is 0 Å². The molecule has 8 heteroatoms. The first kappa shape index (κ1) is 18.7. The van der Waals surface area contributed by atoms with Crippen LogP contribution in [0, 0.1) is 12.7 Å². The maximum atomic E-state index is 13.6. The van der Waals surface area contributed by atoms with Gasteiger partial charge in [0, 0.05) is 16.6 Å². The summed E-state index contributed by atoms with van der Waals surface area (Å²) in [6.07, 6.45) is -0.117. The molecule has 1 atom stereocenters. The summed E-state index contributed by atoms with van der Waals surface area (Å²) in [6, 6.07) is 12.4. The molecule has 148 valence electrons. The Balaban J connectivity index is 1.55. The quantitative estimate of drug-likeness (QED) is 0.594. The van der Waals surface area contributed by atoms with Gasteiger partial charge in [0.25, 0.3) is 5.91 Å². The van der Waals surface area contributed by atoms with E-state index in [1.165, 1.54) is 12.1 Å². The molecule has 0 bridgehead atoms. The fraction of sp³-hybridized carbons (Fsp3) is 0.190. The van der Waals surface area contributed by atoms with Crippen molar-refractivity contribution in [3.8, 4) is 0 Å². The molecular weight excluding hydrogens is 375 g/mol. The second kappa shape index (κ2) is 6.73. The van der Waals surface area contributed by atoms with Crippen molar-refractivity contribution in [1.82, 2.24) is 20.7 Å². The van der Waals surface area contributed by atoms with Crippen LogP contribution in [-0.2, 0) is 21.5 Å². The topological polar surface area (TPSA) is 94.3 Å². The SMILES string of the molecule is Cc1[nH]c2ccc(F)cc2c1CC(=O)NN1C(=O)NC(C)(c2ccccc2)C1=O. The van der Waals surface area contributed by atoms with E-state index in [4.69, 9.17) is 0 Å². The lowest BCUT2D eigenvalue weighted by molar-refractivity contribution is -0.138. The lowest BCUT2D eigenvalue weighted by atomic mass is 9.92. The largest absolute Gasteiger partial charge is 0.358 e. The van der Waals surface area contributed by atoms with Gasteiger partial charge in [-0.15, -0.1) is 0 Å². The van der Waals surface area contributed by atoms with Crippen LogP contribution in [-0.4, -0.2) is 27.8 Å². The molecule has 2 heterocycles. The normalized spacial score (nSPS) is 18.9. The number of fused-ring (bicyclic) bond motifs is 1. The highest BCUT2D eigenvalue weighted by Gasteiger charge is 2.49. The number of nitrogens with one attached hydrogen (secondary N) is 3. The minimum absolute atomic E-state index is 0.117. The maximum absolute atomic E-state index is 13.6. The summed E-state index contributed by atoms with van der Waals surface area (Å²) in [5.41, 5.74) is 3.74. The van der Waals surface area contributed by atoms with Gasteiger partial charge < -0.3 is 10.3 Å². The average Bonchev–Trinajstić information content (AvgIpc) is 3.11. The van der Waals surface area contributed by atoms with Gasteiger partial charge in [-0.25, -0.2) is 9.18 Å². The van der Waals surface area contributed by atoms with E-state index in [-0.39, 0.29) is 6.42 Å². The smallest absolute Gasteiger partial charge is 0.344 e. The zero-order valence-electron chi connectivity index (χ0n) is 15.9. The average molecular weight is 394 g/mol. The number of aryl methyl sites for hydroxylation is 1. The van der Waals surface area contributed by atoms with E-state index < -0.39 is 29.2 Å². The first-order valence-corrected chi connectivity index (χ1v) is 9.08. The van der Waals surface area contributed by atoms with E-state index in [1.807, 2.05) is 0 Å². The van der Waals surface area contributed by atoms with Crippen LogP contribution in [0.4, 0.5) is 9.18 Å². The van der Waals surface area contributed by atoms with E-state index >= 15 is 0 Å². The van der Waals surface area contributed by atoms with Gasteiger partial charge in [0.1, 0.15) is 11.4 Å². The van der Waals surface area contributed by atoms with Gasteiger partial charge in [-0.2, -0.15) is 5.01 Å². The third-order valence-electron chi connectivity index (χ3n) is 5.20.